The molecule has 0 amide bonds. The summed E-state index contributed by atoms with van der Waals surface area (Å²) in [6.45, 7) is 0. The van der Waals surface area contributed by atoms with E-state index in [-0.39, 0.29) is 20.8 Å². The molecule has 4 N–H and O–H groups in total. The summed E-state index contributed by atoms with van der Waals surface area (Å²) >= 11 is 7.08. The quantitative estimate of drug-likeness (QED) is 0.346. The minimum absolute atomic E-state index is 0.112. The fourth-order valence-corrected chi connectivity index (χ4v) is 3.78. The predicted molar refractivity (Wildman–Crippen MR) is 79.1 cm³/mol. The summed E-state index contributed by atoms with van der Waals surface area (Å²) in [4.78, 5) is 0. The summed E-state index contributed by atoms with van der Waals surface area (Å²) < 4.78 is 26.7. The van der Waals surface area contributed by atoms with Crippen LogP contribution in [-0.2, 0) is 10.0 Å². The third-order valence-electron chi connectivity index (χ3n) is 2.38. The van der Waals surface area contributed by atoms with Gasteiger partial charge in [0.25, 0.3) is 10.0 Å². The molecule has 1 aromatic carbocycles. The van der Waals surface area contributed by atoms with E-state index in [1.807, 2.05) is 0 Å². The van der Waals surface area contributed by atoms with Gasteiger partial charge in [0.2, 0.25) is 0 Å². The number of benzene rings is 1. The van der Waals surface area contributed by atoms with Gasteiger partial charge in [0.05, 0.1) is 10.7 Å². The minimum atomic E-state index is -3.66. The van der Waals surface area contributed by atoms with Crippen LogP contribution in [-0.4, -0.2) is 19.5 Å². The highest BCUT2D eigenvalue weighted by Gasteiger charge is 2.17. The first-order valence-electron chi connectivity index (χ1n) is 5.28. The zero-order valence-corrected chi connectivity index (χ0v) is 12.3. The van der Waals surface area contributed by atoms with Crippen LogP contribution in [0.4, 0.5) is 5.69 Å². The summed E-state index contributed by atoms with van der Waals surface area (Å²) in [5.41, 5.74) is 6.02. The number of nitrogens with zero attached hydrogens (tertiary/aromatic N) is 1. The Morgan fingerprint density at radius 2 is 2.15 bits per heavy atom. The molecular weight excluding hydrogens is 322 g/mol. The molecule has 0 aliphatic rings. The molecule has 0 spiro atoms. The van der Waals surface area contributed by atoms with Crippen LogP contribution in [0.1, 0.15) is 5.56 Å². The second kappa shape index (κ2) is 5.70. The van der Waals surface area contributed by atoms with Crippen molar-refractivity contribution in [2.75, 3.05) is 4.72 Å². The van der Waals surface area contributed by atoms with Crippen molar-refractivity contribution >= 4 is 44.5 Å². The molecule has 0 atom stereocenters. The van der Waals surface area contributed by atoms with Gasteiger partial charge in [-0.1, -0.05) is 22.8 Å². The molecule has 0 aliphatic heterocycles. The number of rotatable bonds is 4. The van der Waals surface area contributed by atoms with Gasteiger partial charge in [0.15, 0.2) is 5.84 Å². The van der Waals surface area contributed by atoms with E-state index in [9.17, 15) is 8.42 Å². The van der Waals surface area contributed by atoms with Crippen molar-refractivity contribution in [1.29, 1.82) is 0 Å². The van der Waals surface area contributed by atoms with Gasteiger partial charge in [0, 0.05) is 5.56 Å². The van der Waals surface area contributed by atoms with Crippen LogP contribution < -0.4 is 10.5 Å². The summed E-state index contributed by atoms with van der Waals surface area (Å²) in [5.74, 6) is -0.112. The smallest absolute Gasteiger partial charge is 0.271 e. The number of halogens is 1. The Balaban J connectivity index is 2.32. The Morgan fingerprint density at radius 3 is 2.70 bits per heavy atom. The van der Waals surface area contributed by atoms with Gasteiger partial charge >= 0.3 is 0 Å². The van der Waals surface area contributed by atoms with E-state index in [0.29, 0.717) is 5.56 Å². The zero-order valence-electron chi connectivity index (χ0n) is 9.95. The standard InChI is InChI=1S/C11H10ClN3O3S2/c12-8-6-7(11(13)14-16)3-4-9(8)15-20(17,18)10-2-1-5-19-10/h1-6,15-16H,(H2,13,14). The number of oxime groups is 1. The number of anilines is 1. The number of nitrogens with one attached hydrogen (secondary N) is 1. The highest BCUT2D eigenvalue weighted by Crippen LogP contribution is 2.27. The molecule has 0 fully saturated rings. The molecule has 0 radical (unpaired) electrons. The lowest BCUT2D eigenvalue weighted by molar-refractivity contribution is 0.318. The van der Waals surface area contributed by atoms with Gasteiger partial charge in [-0.05, 0) is 29.6 Å². The summed E-state index contributed by atoms with van der Waals surface area (Å²) in [7, 11) is -3.66. The monoisotopic (exact) mass is 331 g/mol. The lowest BCUT2D eigenvalue weighted by Gasteiger charge is -2.09. The molecule has 0 bridgehead atoms. The second-order valence-electron chi connectivity index (χ2n) is 3.72. The Morgan fingerprint density at radius 1 is 1.40 bits per heavy atom. The van der Waals surface area contributed by atoms with Crippen LogP contribution >= 0.6 is 22.9 Å². The van der Waals surface area contributed by atoms with E-state index in [1.165, 1.54) is 24.3 Å². The van der Waals surface area contributed by atoms with Gasteiger partial charge in [-0.2, -0.15) is 0 Å². The van der Waals surface area contributed by atoms with E-state index in [4.69, 9.17) is 22.5 Å². The molecule has 1 aromatic heterocycles. The first-order valence-corrected chi connectivity index (χ1v) is 8.02. The van der Waals surface area contributed by atoms with Crippen LogP contribution in [0.25, 0.3) is 0 Å². The Kier molecular flexibility index (Phi) is 4.17. The van der Waals surface area contributed by atoms with E-state index in [1.54, 1.807) is 11.4 Å². The van der Waals surface area contributed by atoms with Crippen molar-refractivity contribution in [3.05, 3.63) is 46.3 Å². The number of amidine groups is 1. The van der Waals surface area contributed by atoms with Crippen LogP contribution in [0.3, 0.4) is 0 Å². The first-order chi connectivity index (χ1) is 9.44. The van der Waals surface area contributed by atoms with Crippen molar-refractivity contribution in [2.45, 2.75) is 4.21 Å². The largest absolute Gasteiger partial charge is 0.409 e. The van der Waals surface area contributed by atoms with Gasteiger partial charge in [0.1, 0.15) is 4.21 Å². The molecule has 0 unspecified atom stereocenters. The average Bonchev–Trinajstić information content (AvgIpc) is 2.95. The van der Waals surface area contributed by atoms with E-state index in [2.05, 4.69) is 9.88 Å². The molecule has 1 heterocycles. The molecule has 0 saturated carbocycles. The van der Waals surface area contributed by atoms with E-state index in [0.717, 1.165) is 11.3 Å². The minimum Gasteiger partial charge on any atom is -0.409 e. The molecule has 106 valence electrons. The summed E-state index contributed by atoms with van der Waals surface area (Å²) in [6.07, 6.45) is 0. The predicted octanol–water partition coefficient (Wildman–Crippen LogP) is 2.30. The SMILES string of the molecule is N/C(=N/O)c1ccc(NS(=O)(=O)c2cccs2)c(Cl)c1. The average molecular weight is 332 g/mol. The van der Waals surface area contributed by atoms with Gasteiger partial charge in [-0.25, -0.2) is 8.42 Å². The van der Waals surface area contributed by atoms with Crippen molar-refractivity contribution in [2.24, 2.45) is 10.9 Å². The van der Waals surface area contributed by atoms with Crippen LogP contribution in [0.15, 0.2) is 45.1 Å². The Bertz CT molecular complexity index is 742. The fraction of sp³-hybridized carbons (Fsp3) is 0. The Labute approximate surface area is 124 Å². The maximum absolute atomic E-state index is 12.0. The lowest BCUT2D eigenvalue weighted by Crippen LogP contribution is -2.14. The maximum Gasteiger partial charge on any atom is 0.271 e. The highest BCUT2D eigenvalue weighted by atomic mass is 35.5. The molecule has 0 aliphatic carbocycles. The maximum atomic E-state index is 12.0. The van der Waals surface area contributed by atoms with Gasteiger partial charge in [-0.15, -0.1) is 11.3 Å². The zero-order chi connectivity index (χ0) is 14.8. The summed E-state index contributed by atoms with van der Waals surface area (Å²) in [5, 5.41) is 13.2. The number of sulfonamides is 1. The second-order valence-corrected chi connectivity index (χ2v) is 6.98. The number of hydrogen-bond acceptors (Lipinski definition) is 5. The van der Waals surface area contributed by atoms with Crippen molar-refractivity contribution in [3.8, 4) is 0 Å². The number of hydrogen-bond donors (Lipinski definition) is 3. The van der Waals surface area contributed by atoms with Crippen molar-refractivity contribution in [1.82, 2.24) is 0 Å². The van der Waals surface area contributed by atoms with Crippen LogP contribution in [0, 0.1) is 0 Å². The summed E-state index contributed by atoms with van der Waals surface area (Å²) in [6, 6.07) is 7.48. The lowest BCUT2D eigenvalue weighted by atomic mass is 10.2. The topological polar surface area (TPSA) is 105 Å². The van der Waals surface area contributed by atoms with Crippen LogP contribution in [0.2, 0.25) is 5.02 Å². The van der Waals surface area contributed by atoms with Crippen molar-refractivity contribution < 1.29 is 13.6 Å². The molecule has 6 nitrogen and oxygen atoms in total. The molecule has 2 rings (SSSR count). The van der Waals surface area contributed by atoms with Crippen molar-refractivity contribution in [3.63, 3.8) is 0 Å². The van der Waals surface area contributed by atoms with E-state index < -0.39 is 10.0 Å². The van der Waals surface area contributed by atoms with Gasteiger partial charge < -0.3 is 10.9 Å². The van der Waals surface area contributed by atoms with Gasteiger partial charge in [-0.3, -0.25) is 4.72 Å². The molecule has 2 aromatic rings. The molecule has 9 heteroatoms. The Hall–Kier alpha value is -1.77. The third kappa shape index (κ3) is 3.03. The molecule has 20 heavy (non-hydrogen) atoms. The van der Waals surface area contributed by atoms with E-state index >= 15 is 0 Å². The fourth-order valence-electron chi connectivity index (χ4n) is 1.43. The normalized spacial score (nSPS) is 12.3. The number of nitrogens with two attached hydrogens (primary N) is 1. The first kappa shape index (κ1) is 14.6. The number of thiophene rings is 1. The third-order valence-corrected chi connectivity index (χ3v) is 5.45. The molecular formula is C11H10ClN3O3S2. The van der Waals surface area contributed by atoms with Crippen LogP contribution in [0.5, 0.6) is 0 Å². The molecule has 0 saturated heterocycles. The highest BCUT2D eigenvalue weighted by molar-refractivity contribution is 7.94.